The van der Waals surface area contributed by atoms with Crippen LogP contribution in [0.2, 0.25) is 0 Å². The molecule has 1 aromatic rings. The molecule has 1 aliphatic carbocycles. The first-order chi connectivity index (χ1) is 7.02. The fraction of sp³-hybridized carbons (Fsp3) is 0.500. The summed E-state index contributed by atoms with van der Waals surface area (Å²) in [6, 6.07) is 1.74. The number of sulfone groups is 1. The first-order valence-corrected chi connectivity index (χ1v) is 6.79. The van der Waals surface area contributed by atoms with E-state index in [9.17, 15) is 8.42 Å². The molecule has 0 aromatic carbocycles. The Labute approximate surface area is 89.6 Å². The topological polar surface area (TPSA) is 59.1 Å². The zero-order chi connectivity index (χ0) is 11.1. The van der Waals surface area contributed by atoms with Gasteiger partial charge < -0.3 is 5.32 Å². The van der Waals surface area contributed by atoms with Crippen LogP contribution in [0.5, 0.6) is 0 Å². The fourth-order valence-electron chi connectivity index (χ4n) is 1.57. The predicted octanol–water partition coefficient (Wildman–Crippen LogP) is 1.40. The number of aromatic nitrogens is 1. The molecule has 0 saturated heterocycles. The van der Waals surface area contributed by atoms with E-state index in [1.54, 1.807) is 19.3 Å². The van der Waals surface area contributed by atoms with Gasteiger partial charge in [0.05, 0.1) is 0 Å². The summed E-state index contributed by atoms with van der Waals surface area (Å²) in [5.74, 6) is 0.950. The molecule has 0 aliphatic heterocycles. The Kier molecular flexibility index (Phi) is 2.42. The van der Waals surface area contributed by atoms with E-state index in [0.29, 0.717) is 16.6 Å². The van der Waals surface area contributed by atoms with Crippen molar-refractivity contribution in [3.63, 3.8) is 0 Å². The number of nitrogens with zero attached hydrogens (tertiary/aromatic N) is 1. The third kappa shape index (κ3) is 2.12. The van der Waals surface area contributed by atoms with Crippen molar-refractivity contribution in [1.29, 1.82) is 0 Å². The number of hydrogen-bond acceptors (Lipinski definition) is 4. The molecular weight excluding hydrogens is 212 g/mol. The minimum Gasteiger partial charge on any atom is -0.372 e. The average Bonchev–Trinajstić information content (AvgIpc) is 2.98. The lowest BCUT2D eigenvalue weighted by Crippen LogP contribution is -2.05. The first-order valence-electron chi connectivity index (χ1n) is 4.90. The van der Waals surface area contributed by atoms with E-state index < -0.39 is 9.84 Å². The van der Waals surface area contributed by atoms with Crippen LogP contribution < -0.4 is 5.32 Å². The van der Waals surface area contributed by atoms with Gasteiger partial charge in [0.2, 0.25) is 0 Å². The van der Waals surface area contributed by atoms with Gasteiger partial charge in [-0.15, -0.1) is 0 Å². The molecule has 1 heterocycles. The van der Waals surface area contributed by atoms with Crippen molar-refractivity contribution in [2.24, 2.45) is 0 Å². The van der Waals surface area contributed by atoms with Crippen molar-refractivity contribution in [2.45, 2.75) is 23.7 Å². The predicted molar refractivity (Wildman–Crippen MR) is 58.9 cm³/mol. The second-order valence-corrected chi connectivity index (χ2v) is 5.90. The summed E-state index contributed by atoms with van der Waals surface area (Å²) in [6.45, 7) is 0. The van der Waals surface area contributed by atoms with Crippen molar-refractivity contribution in [3.8, 4) is 0 Å². The third-order valence-corrected chi connectivity index (χ3v) is 3.67. The molecule has 1 aliphatic rings. The van der Waals surface area contributed by atoms with E-state index in [1.807, 2.05) is 0 Å². The third-order valence-electron chi connectivity index (χ3n) is 2.56. The van der Waals surface area contributed by atoms with Gasteiger partial charge in [-0.1, -0.05) is 0 Å². The number of rotatable bonds is 3. The van der Waals surface area contributed by atoms with Gasteiger partial charge in [0.25, 0.3) is 0 Å². The molecule has 1 N–H and O–H groups in total. The van der Waals surface area contributed by atoms with Gasteiger partial charge in [-0.2, -0.15) is 0 Å². The Morgan fingerprint density at radius 1 is 1.47 bits per heavy atom. The van der Waals surface area contributed by atoms with Gasteiger partial charge in [0, 0.05) is 19.5 Å². The van der Waals surface area contributed by atoms with Gasteiger partial charge >= 0.3 is 0 Å². The molecule has 82 valence electrons. The van der Waals surface area contributed by atoms with Crippen LogP contribution in [-0.2, 0) is 9.84 Å². The summed E-state index contributed by atoms with van der Waals surface area (Å²) in [5, 5.41) is 2.80. The second-order valence-electron chi connectivity index (χ2n) is 3.91. The molecular formula is C10H14N2O2S. The Morgan fingerprint density at radius 2 is 2.13 bits per heavy atom. The minimum absolute atomic E-state index is 0.300. The number of hydrogen-bond donors (Lipinski definition) is 1. The van der Waals surface area contributed by atoms with Crippen LogP contribution >= 0.6 is 0 Å². The van der Waals surface area contributed by atoms with Gasteiger partial charge in [-0.05, 0) is 30.4 Å². The highest BCUT2D eigenvalue weighted by Crippen LogP contribution is 2.40. The normalized spacial score (nSPS) is 16.4. The zero-order valence-corrected chi connectivity index (χ0v) is 9.63. The summed E-state index contributed by atoms with van der Waals surface area (Å²) < 4.78 is 23.1. The first kappa shape index (κ1) is 10.4. The number of anilines is 1. The van der Waals surface area contributed by atoms with Crippen LogP contribution in [0.1, 0.15) is 24.3 Å². The second kappa shape index (κ2) is 3.48. The molecule has 15 heavy (non-hydrogen) atoms. The summed E-state index contributed by atoms with van der Waals surface area (Å²) in [6.07, 6.45) is 5.26. The average molecular weight is 226 g/mol. The molecule has 1 fully saturated rings. The molecule has 5 heteroatoms. The van der Waals surface area contributed by atoms with Crippen molar-refractivity contribution in [1.82, 2.24) is 4.98 Å². The Balaban J connectivity index is 2.52. The largest absolute Gasteiger partial charge is 0.372 e. The monoisotopic (exact) mass is 226 g/mol. The molecule has 0 atom stereocenters. The van der Waals surface area contributed by atoms with E-state index in [-0.39, 0.29) is 0 Å². The fourth-order valence-corrected chi connectivity index (χ4v) is 2.43. The SMILES string of the molecule is CNc1ncc(C2CC2)cc1S(C)(=O)=O. The molecule has 0 radical (unpaired) electrons. The molecule has 0 bridgehead atoms. The van der Waals surface area contributed by atoms with Crippen LogP contribution in [0.25, 0.3) is 0 Å². The lowest BCUT2D eigenvalue weighted by molar-refractivity contribution is 0.601. The maximum atomic E-state index is 11.5. The lowest BCUT2D eigenvalue weighted by atomic mass is 10.2. The Hall–Kier alpha value is -1.10. The summed E-state index contributed by atoms with van der Waals surface area (Å²) >= 11 is 0. The van der Waals surface area contributed by atoms with Gasteiger partial charge in [0.15, 0.2) is 9.84 Å². The smallest absolute Gasteiger partial charge is 0.179 e. The quantitative estimate of drug-likeness (QED) is 0.846. The van der Waals surface area contributed by atoms with Crippen molar-refractivity contribution in [2.75, 3.05) is 18.6 Å². The summed E-state index contributed by atoms with van der Waals surface area (Å²) in [7, 11) is -1.52. The van der Waals surface area contributed by atoms with Crippen molar-refractivity contribution in [3.05, 3.63) is 17.8 Å². The highest BCUT2D eigenvalue weighted by Gasteiger charge is 2.26. The van der Waals surface area contributed by atoms with Crippen LogP contribution in [0.15, 0.2) is 17.2 Å². The maximum Gasteiger partial charge on any atom is 0.179 e. The van der Waals surface area contributed by atoms with Crippen molar-refractivity contribution >= 4 is 15.7 Å². The Bertz CT molecular complexity index is 478. The van der Waals surface area contributed by atoms with Crippen LogP contribution in [0.4, 0.5) is 5.82 Å². The van der Waals surface area contributed by atoms with E-state index in [1.165, 1.54) is 6.26 Å². The number of pyridine rings is 1. The Morgan fingerprint density at radius 3 is 2.60 bits per heavy atom. The minimum atomic E-state index is -3.20. The standard InChI is InChI=1S/C10H14N2O2S/c1-11-10-9(15(2,13)14)5-8(6-12-10)7-3-4-7/h5-7H,3-4H2,1-2H3,(H,11,12). The van der Waals surface area contributed by atoms with Crippen LogP contribution in [-0.4, -0.2) is 26.7 Å². The van der Waals surface area contributed by atoms with Crippen molar-refractivity contribution < 1.29 is 8.42 Å². The maximum absolute atomic E-state index is 11.5. The lowest BCUT2D eigenvalue weighted by Gasteiger charge is -2.08. The molecule has 0 spiro atoms. The highest BCUT2D eigenvalue weighted by atomic mass is 32.2. The molecule has 2 rings (SSSR count). The molecule has 0 amide bonds. The molecule has 4 nitrogen and oxygen atoms in total. The van der Waals surface area contributed by atoms with Gasteiger partial charge in [-0.25, -0.2) is 13.4 Å². The zero-order valence-electron chi connectivity index (χ0n) is 8.82. The van der Waals surface area contributed by atoms with E-state index in [4.69, 9.17) is 0 Å². The van der Waals surface area contributed by atoms with E-state index in [0.717, 1.165) is 18.4 Å². The van der Waals surface area contributed by atoms with Gasteiger partial charge in [-0.3, -0.25) is 0 Å². The molecule has 1 saturated carbocycles. The van der Waals surface area contributed by atoms with E-state index >= 15 is 0 Å². The molecule has 0 unspecified atom stereocenters. The summed E-state index contributed by atoms with van der Waals surface area (Å²) in [4.78, 5) is 4.43. The molecule has 1 aromatic heterocycles. The summed E-state index contributed by atoms with van der Waals surface area (Å²) in [5.41, 5.74) is 1.04. The van der Waals surface area contributed by atoms with Crippen LogP contribution in [0.3, 0.4) is 0 Å². The van der Waals surface area contributed by atoms with Crippen LogP contribution in [0, 0.1) is 0 Å². The highest BCUT2D eigenvalue weighted by molar-refractivity contribution is 7.90. The number of nitrogens with one attached hydrogen (secondary N) is 1. The van der Waals surface area contributed by atoms with Gasteiger partial charge in [0.1, 0.15) is 10.7 Å². The van der Waals surface area contributed by atoms with E-state index in [2.05, 4.69) is 10.3 Å².